The molecule has 0 aliphatic rings. The van der Waals surface area contributed by atoms with E-state index in [9.17, 15) is 8.42 Å². The molecule has 0 aliphatic heterocycles. The Hall–Kier alpha value is -1.03. The molecule has 0 amide bonds. The van der Waals surface area contributed by atoms with Crippen LogP contribution in [0, 0.1) is 6.92 Å². The van der Waals surface area contributed by atoms with Gasteiger partial charge in [0.2, 0.25) is 10.0 Å². The number of rotatable bonds is 5. The second-order valence-electron chi connectivity index (χ2n) is 3.77. The van der Waals surface area contributed by atoms with E-state index < -0.39 is 10.0 Å². The van der Waals surface area contributed by atoms with E-state index in [0.29, 0.717) is 13.0 Å². The fraction of sp³-hybridized carbons (Fsp3) is 0.500. The lowest BCUT2D eigenvalue weighted by molar-refractivity contribution is 0.590. The molecular weight excluding hydrogens is 222 g/mol. The Morgan fingerprint density at radius 1 is 1.19 bits per heavy atom. The minimum atomic E-state index is -3.16. The summed E-state index contributed by atoms with van der Waals surface area (Å²) in [5.41, 5.74) is 1.78. The van der Waals surface area contributed by atoms with E-state index in [0.717, 1.165) is 11.3 Å². The SMILES string of the molecule is CCCS(=O)(=O)N(CC)c1ccccc1C. The smallest absolute Gasteiger partial charge is 0.235 e. The second kappa shape index (κ2) is 5.34. The molecule has 0 unspecified atom stereocenters. The summed E-state index contributed by atoms with van der Waals surface area (Å²) in [7, 11) is -3.16. The zero-order chi connectivity index (χ0) is 12.2. The van der Waals surface area contributed by atoms with Crippen LogP contribution in [0.4, 0.5) is 5.69 Å². The number of anilines is 1. The van der Waals surface area contributed by atoms with Crippen molar-refractivity contribution in [2.75, 3.05) is 16.6 Å². The molecule has 0 radical (unpaired) electrons. The number of hydrogen-bond acceptors (Lipinski definition) is 2. The van der Waals surface area contributed by atoms with E-state index in [4.69, 9.17) is 0 Å². The number of para-hydroxylation sites is 1. The first-order chi connectivity index (χ1) is 7.53. The van der Waals surface area contributed by atoms with Gasteiger partial charge in [0.1, 0.15) is 0 Å². The molecule has 0 bridgehead atoms. The van der Waals surface area contributed by atoms with Crippen LogP contribution < -0.4 is 4.31 Å². The Kier molecular flexibility index (Phi) is 4.35. The zero-order valence-electron chi connectivity index (χ0n) is 10.1. The van der Waals surface area contributed by atoms with Crippen molar-refractivity contribution in [3.05, 3.63) is 29.8 Å². The van der Waals surface area contributed by atoms with E-state index in [1.54, 1.807) is 0 Å². The standard InChI is InChI=1S/C12H19NO2S/c1-4-10-16(14,15)13(5-2)12-9-7-6-8-11(12)3/h6-9H,4-5,10H2,1-3H3. The molecule has 16 heavy (non-hydrogen) atoms. The maximum Gasteiger partial charge on any atom is 0.235 e. The summed E-state index contributed by atoms with van der Waals surface area (Å²) < 4.78 is 25.6. The normalized spacial score (nSPS) is 11.4. The summed E-state index contributed by atoms with van der Waals surface area (Å²) in [5.74, 6) is 0.204. The van der Waals surface area contributed by atoms with Gasteiger partial charge >= 0.3 is 0 Å². The van der Waals surface area contributed by atoms with Crippen molar-refractivity contribution >= 4 is 15.7 Å². The van der Waals surface area contributed by atoms with Gasteiger partial charge in [0.25, 0.3) is 0 Å². The first kappa shape index (κ1) is 13.0. The average molecular weight is 241 g/mol. The Balaban J connectivity index is 3.14. The molecule has 0 saturated carbocycles. The molecule has 1 aromatic rings. The molecule has 0 aliphatic carbocycles. The molecule has 4 heteroatoms. The fourth-order valence-electron chi connectivity index (χ4n) is 1.73. The highest BCUT2D eigenvalue weighted by atomic mass is 32.2. The van der Waals surface area contributed by atoms with Crippen LogP contribution in [-0.2, 0) is 10.0 Å². The van der Waals surface area contributed by atoms with E-state index in [-0.39, 0.29) is 5.75 Å². The second-order valence-corrected chi connectivity index (χ2v) is 5.78. The minimum Gasteiger partial charge on any atom is -0.270 e. The maximum atomic E-state index is 12.0. The van der Waals surface area contributed by atoms with Crippen molar-refractivity contribution in [1.82, 2.24) is 0 Å². The van der Waals surface area contributed by atoms with Crippen LogP contribution >= 0.6 is 0 Å². The van der Waals surface area contributed by atoms with Crippen LogP contribution in [0.2, 0.25) is 0 Å². The van der Waals surface area contributed by atoms with Gasteiger partial charge < -0.3 is 0 Å². The number of benzene rings is 1. The topological polar surface area (TPSA) is 37.4 Å². The van der Waals surface area contributed by atoms with Crippen molar-refractivity contribution in [2.24, 2.45) is 0 Å². The van der Waals surface area contributed by atoms with Gasteiger partial charge in [0.15, 0.2) is 0 Å². The van der Waals surface area contributed by atoms with Crippen LogP contribution in [0.25, 0.3) is 0 Å². The molecule has 90 valence electrons. The minimum absolute atomic E-state index is 0.204. The lowest BCUT2D eigenvalue weighted by Crippen LogP contribution is -2.33. The fourth-order valence-corrected chi connectivity index (χ4v) is 3.36. The summed E-state index contributed by atoms with van der Waals surface area (Å²) in [6.45, 7) is 6.15. The molecular formula is C12H19NO2S. The zero-order valence-corrected chi connectivity index (χ0v) is 10.9. The lowest BCUT2D eigenvalue weighted by Gasteiger charge is -2.24. The summed E-state index contributed by atoms with van der Waals surface area (Å²) in [6.07, 6.45) is 0.644. The first-order valence-electron chi connectivity index (χ1n) is 5.59. The molecule has 0 saturated heterocycles. The Bertz CT molecular complexity index is 440. The van der Waals surface area contributed by atoms with Gasteiger partial charge in [-0.2, -0.15) is 0 Å². The molecule has 3 nitrogen and oxygen atoms in total. The molecule has 0 N–H and O–H groups in total. The van der Waals surface area contributed by atoms with Crippen LogP contribution in [0.3, 0.4) is 0 Å². The Labute approximate surface area is 98.1 Å². The third kappa shape index (κ3) is 2.76. The third-order valence-corrected chi connectivity index (χ3v) is 4.52. The lowest BCUT2D eigenvalue weighted by atomic mass is 10.2. The summed E-state index contributed by atoms with van der Waals surface area (Å²) in [6, 6.07) is 7.57. The number of aryl methyl sites for hydroxylation is 1. The quantitative estimate of drug-likeness (QED) is 0.794. The number of sulfonamides is 1. The molecule has 0 heterocycles. The Morgan fingerprint density at radius 3 is 2.31 bits per heavy atom. The average Bonchev–Trinajstić information content (AvgIpc) is 2.21. The van der Waals surface area contributed by atoms with Gasteiger partial charge in [-0.25, -0.2) is 8.42 Å². The van der Waals surface area contributed by atoms with Gasteiger partial charge in [-0.05, 0) is 31.9 Å². The summed E-state index contributed by atoms with van der Waals surface area (Å²) >= 11 is 0. The van der Waals surface area contributed by atoms with E-state index >= 15 is 0 Å². The largest absolute Gasteiger partial charge is 0.270 e. The van der Waals surface area contributed by atoms with Gasteiger partial charge in [0, 0.05) is 6.54 Å². The summed E-state index contributed by atoms with van der Waals surface area (Å²) in [5, 5.41) is 0. The van der Waals surface area contributed by atoms with Gasteiger partial charge in [-0.15, -0.1) is 0 Å². The first-order valence-corrected chi connectivity index (χ1v) is 7.20. The molecule has 0 fully saturated rings. The predicted octanol–water partition coefficient (Wildman–Crippen LogP) is 2.56. The van der Waals surface area contributed by atoms with Crippen LogP contribution in [0.15, 0.2) is 24.3 Å². The van der Waals surface area contributed by atoms with Gasteiger partial charge in [-0.3, -0.25) is 4.31 Å². The number of nitrogens with zero attached hydrogens (tertiary/aromatic N) is 1. The van der Waals surface area contributed by atoms with Gasteiger partial charge in [-0.1, -0.05) is 25.1 Å². The highest BCUT2D eigenvalue weighted by molar-refractivity contribution is 7.92. The Morgan fingerprint density at radius 2 is 1.81 bits per heavy atom. The molecule has 1 rings (SSSR count). The van der Waals surface area contributed by atoms with Crippen molar-refractivity contribution in [3.63, 3.8) is 0 Å². The highest BCUT2D eigenvalue weighted by Gasteiger charge is 2.20. The van der Waals surface area contributed by atoms with Crippen molar-refractivity contribution < 1.29 is 8.42 Å². The molecule has 1 aromatic carbocycles. The molecule has 0 atom stereocenters. The van der Waals surface area contributed by atoms with E-state index in [1.807, 2.05) is 45.0 Å². The monoisotopic (exact) mass is 241 g/mol. The van der Waals surface area contributed by atoms with Crippen molar-refractivity contribution in [1.29, 1.82) is 0 Å². The van der Waals surface area contributed by atoms with E-state index in [1.165, 1.54) is 4.31 Å². The van der Waals surface area contributed by atoms with Crippen molar-refractivity contribution in [3.8, 4) is 0 Å². The van der Waals surface area contributed by atoms with Crippen LogP contribution in [0.5, 0.6) is 0 Å². The molecule has 0 spiro atoms. The maximum absolute atomic E-state index is 12.0. The predicted molar refractivity (Wildman–Crippen MR) is 68.3 cm³/mol. The van der Waals surface area contributed by atoms with Crippen LogP contribution in [-0.4, -0.2) is 20.7 Å². The highest BCUT2D eigenvalue weighted by Crippen LogP contribution is 2.22. The number of hydrogen-bond donors (Lipinski definition) is 0. The summed E-state index contributed by atoms with van der Waals surface area (Å²) in [4.78, 5) is 0. The van der Waals surface area contributed by atoms with Gasteiger partial charge in [0.05, 0.1) is 11.4 Å². The third-order valence-electron chi connectivity index (χ3n) is 2.47. The van der Waals surface area contributed by atoms with Crippen LogP contribution in [0.1, 0.15) is 25.8 Å². The van der Waals surface area contributed by atoms with Crippen molar-refractivity contribution in [2.45, 2.75) is 27.2 Å². The van der Waals surface area contributed by atoms with E-state index in [2.05, 4.69) is 0 Å². The molecule has 0 aromatic heterocycles.